The van der Waals surface area contributed by atoms with E-state index in [0.717, 1.165) is 22.4 Å². The number of fused-ring (bicyclic) bond motifs is 3. The van der Waals surface area contributed by atoms with Gasteiger partial charge in [0.05, 0.1) is 39.9 Å². The molecular weight excluding hydrogens is 548 g/mol. The fraction of sp³-hybridized carbons (Fsp3) is 0.200. The van der Waals surface area contributed by atoms with E-state index in [1.54, 1.807) is 39.5 Å². The van der Waals surface area contributed by atoms with Gasteiger partial charge in [0, 0.05) is 17.9 Å². The van der Waals surface area contributed by atoms with Crippen LogP contribution in [0.3, 0.4) is 0 Å². The van der Waals surface area contributed by atoms with Gasteiger partial charge in [0.15, 0.2) is 17.3 Å². The van der Waals surface area contributed by atoms with Gasteiger partial charge in [0.1, 0.15) is 23.0 Å². The van der Waals surface area contributed by atoms with Crippen molar-refractivity contribution in [3.8, 4) is 34.5 Å². The third kappa shape index (κ3) is 5.64. The number of allylic oxidation sites excluding steroid dienone is 1. The number of esters is 1. The van der Waals surface area contributed by atoms with Crippen LogP contribution in [-0.2, 0) is 11.2 Å². The van der Waals surface area contributed by atoms with Gasteiger partial charge in [-0.25, -0.2) is 0 Å². The first kappa shape index (κ1) is 27.9. The van der Waals surface area contributed by atoms with Gasteiger partial charge in [-0.15, -0.1) is 0 Å². The molecule has 4 aromatic carbocycles. The topological polar surface area (TPSA) is 89.5 Å². The van der Waals surface area contributed by atoms with Crippen LogP contribution in [0.25, 0.3) is 6.08 Å². The van der Waals surface area contributed by atoms with Gasteiger partial charge < -0.3 is 28.4 Å². The van der Waals surface area contributed by atoms with Crippen molar-refractivity contribution in [1.82, 2.24) is 0 Å². The van der Waals surface area contributed by atoms with E-state index in [4.69, 9.17) is 28.4 Å². The molecule has 0 amide bonds. The molecule has 0 fully saturated rings. The molecule has 8 nitrogen and oxygen atoms in total. The summed E-state index contributed by atoms with van der Waals surface area (Å²) < 4.78 is 34.0. The number of methoxy groups -OCH3 is 3. The van der Waals surface area contributed by atoms with Crippen LogP contribution in [0.15, 0.2) is 84.6 Å². The van der Waals surface area contributed by atoms with E-state index in [1.165, 1.54) is 0 Å². The number of hydrogen-bond acceptors (Lipinski definition) is 8. The third-order valence-corrected chi connectivity index (χ3v) is 7.59. The molecule has 0 aromatic heterocycles. The largest absolute Gasteiger partial charge is 0.497 e. The number of benzene rings is 4. The minimum atomic E-state index is -0.422. The highest BCUT2D eigenvalue weighted by Crippen LogP contribution is 2.49. The third-order valence-electron chi connectivity index (χ3n) is 7.59. The van der Waals surface area contributed by atoms with Crippen LogP contribution < -0.4 is 28.4 Å². The zero-order valence-corrected chi connectivity index (χ0v) is 24.0. The number of carbonyl (C=O) groups is 2. The van der Waals surface area contributed by atoms with Gasteiger partial charge in [-0.1, -0.05) is 30.3 Å². The van der Waals surface area contributed by atoms with E-state index in [0.29, 0.717) is 52.9 Å². The number of rotatable bonds is 9. The quantitative estimate of drug-likeness (QED) is 0.128. The predicted molar refractivity (Wildman–Crippen MR) is 160 cm³/mol. The van der Waals surface area contributed by atoms with E-state index in [-0.39, 0.29) is 23.9 Å². The minimum Gasteiger partial charge on any atom is -0.497 e. The van der Waals surface area contributed by atoms with Crippen molar-refractivity contribution >= 4 is 17.8 Å². The molecule has 8 heteroatoms. The number of hydrogen-bond donors (Lipinski definition) is 0. The van der Waals surface area contributed by atoms with Gasteiger partial charge >= 0.3 is 5.97 Å². The van der Waals surface area contributed by atoms with Crippen LogP contribution in [0.2, 0.25) is 0 Å². The number of carbonyl (C=O) groups excluding carboxylic acids is 2. The van der Waals surface area contributed by atoms with Crippen LogP contribution in [0, 0.1) is 0 Å². The lowest BCUT2D eigenvalue weighted by atomic mass is 9.84. The molecule has 0 bridgehead atoms. The maximum atomic E-state index is 13.4. The summed E-state index contributed by atoms with van der Waals surface area (Å²) in [6, 6.07) is 24.1. The standard InChI is InChI=1S/C35H30O8/c1-38-24-9-4-21(5-10-24)16-17-41-30-19-23(8-14-28(30)40-3)27-20-32(36)42-29-15-13-26-34(37)31(43-35(26)33(27)29)18-22-6-11-25(39-2)12-7-22/h4-15,18-19,27H,16-17,20H2,1-3H3. The van der Waals surface area contributed by atoms with E-state index in [2.05, 4.69) is 0 Å². The van der Waals surface area contributed by atoms with Gasteiger partial charge in [-0.2, -0.15) is 0 Å². The molecule has 0 radical (unpaired) electrons. The van der Waals surface area contributed by atoms with Crippen LogP contribution in [0.1, 0.15) is 45.0 Å². The molecule has 0 saturated carbocycles. The molecule has 218 valence electrons. The van der Waals surface area contributed by atoms with Crippen molar-refractivity contribution in [2.45, 2.75) is 18.8 Å². The average Bonchev–Trinajstić information content (AvgIpc) is 3.35. The summed E-state index contributed by atoms with van der Waals surface area (Å²) in [5, 5.41) is 0. The van der Waals surface area contributed by atoms with Crippen molar-refractivity contribution in [2.75, 3.05) is 27.9 Å². The molecule has 2 aliphatic heterocycles. The Balaban J connectivity index is 1.29. The smallest absolute Gasteiger partial charge is 0.312 e. The molecular formula is C35H30O8. The van der Waals surface area contributed by atoms with Crippen LogP contribution >= 0.6 is 0 Å². The van der Waals surface area contributed by atoms with E-state index in [9.17, 15) is 9.59 Å². The molecule has 0 N–H and O–H groups in total. The van der Waals surface area contributed by atoms with Crippen LogP contribution in [0.5, 0.6) is 34.5 Å². The molecule has 6 rings (SSSR count). The summed E-state index contributed by atoms with van der Waals surface area (Å²) in [4.78, 5) is 26.1. The Kier molecular flexibility index (Phi) is 7.75. The Bertz CT molecular complexity index is 1700. The van der Waals surface area contributed by atoms with Crippen molar-refractivity contribution in [1.29, 1.82) is 0 Å². The van der Waals surface area contributed by atoms with Crippen molar-refractivity contribution < 1.29 is 38.0 Å². The van der Waals surface area contributed by atoms with Crippen LogP contribution in [-0.4, -0.2) is 39.7 Å². The Morgan fingerprint density at radius 2 is 1.51 bits per heavy atom. The molecule has 4 aromatic rings. The summed E-state index contributed by atoms with van der Waals surface area (Å²) in [7, 11) is 4.82. The second-order valence-electron chi connectivity index (χ2n) is 10.2. The van der Waals surface area contributed by atoms with Gasteiger partial charge in [0.2, 0.25) is 5.78 Å². The monoisotopic (exact) mass is 578 g/mol. The summed E-state index contributed by atoms with van der Waals surface area (Å²) in [6.07, 6.45) is 2.46. The second kappa shape index (κ2) is 11.9. The Labute approximate surface area is 249 Å². The molecule has 0 aliphatic carbocycles. The van der Waals surface area contributed by atoms with E-state index in [1.807, 2.05) is 66.7 Å². The lowest BCUT2D eigenvalue weighted by molar-refractivity contribution is -0.135. The number of ether oxygens (including phenoxy) is 6. The SMILES string of the molecule is COc1ccc(C=C2Oc3c(ccc4c3C(c3ccc(OC)c(OCCc5ccc(OC)cc5)c3)CC(=O)O4)C2=O)cc1. The first-order valence-electron chi connectivity index (χ1n) is 13.9. The maximum Gasteiger partial charge on any atom is 0.312 e. The fourth-order valence-corrected chi connectivity index (χ4v) is 5.34. The number of Topliss-reactive ketones (excluding diaryl/α,β-unsaturated/α-hetero) is 1. The van der Waals surface area contributed by atoms with Gasteiger partial charge in [0.25, 0.3) is 0 Å². The molecule has 1 atom stereocenters. The van der Waals surface area contributed by atoms with E-state index >= 15 is 0 Å². The minimum absolute atomic E-state index is 0.0795. The van der Waals surface area contributed by atoms with Crippen LogP contribution in [0.4, 0.5) is 0 Å². The first-order valence-corrected chi connectivity index (χ1v) is 13.9. The first-order chi connectivity index (χ1) is 21.0. The Hall–Kier alpha value is -5.24. The summed E-state index contributed by atoms with van der Waals surface area (Å²) in [5.74, 6) is 2.59. The number of ketones is 1. The molecule has 2 aliphatic rings. The highest BCUT2D eigenvalue weighted by atomic mass is 16.5. The second-order valence-corrected chi connectivity index (χ2v) is 10.2. The normalized spacial score (nSPS) is 16.2. The maximum absolute atomic E-state index is 13.4. The predicted octanol–water partition coefficient (Wildman–Crippen LogP) is 6.39. The molecule has 2 heterocycles. The molecule has 1 unspecified atom stereocenters. The summed E-state index contributed by atoms with van der Waals surface area (Å²) in [5.41, 5.74) is 3.79. The lowest BCUT2D eigenvalue weighted by Gasteiger charge is -2.27. The Morgan fingerprint density at radius 3 is 2.21 bits per heavy atom. The van der Waals surface area contributed by atoms with Crippen molar-refractivity contribution in [3.05, 3.63) is 112 Å². The van der Waals surface area contributed by atoms with Gasteiger partial charge in [-0.3, -0.25) is 9.59 Å². The fourth-order valence-electron chi connectivity index (χ4n) is 5.34. The molecule has 0 saturated heterocycles. The van der Waals surface area contributed by atoms with Crippen molar-refractivity contribution in [2.24, 2.45) is 0 Å². The van der Waals surface area contributed by atoms with Crippen molar-refractivity contribution in [3.63, 3.8) is 0 Å². The highest BCUT2D eigenvalue weighted by Gasteiger charge is 2.38. The highest BCUT2D eigenvalue weighted by molar-refractivity contribution is 6.15. The molecule has 43 heavy (non-hydrogen) atoms. The summed E-state index contributed by atoms with van der Waals surface area (Å²) >= 11 is 0. The average molecular weight is 579 g/mol. The Morgan fingerprint density at radius 1 is 0.791 bits per heavy atom. The zero-order chi connectivity index (χ0) is 29.9. The zero-order valence-electron chi connectivity index (χ0n) is 24.0. The lowest BCUT2D eigenvalue weighted by Crippen LogP contribution is -2.21. The molecule has 0 spiro atoms. The van der Waals surface area contributed by atoms with E-state index < -0.39 is 5.92 Å². The summed E-state index contributed by atoms with van der Waals surface area (Å²) in [6.45, 7) is 0.419. The van der Waals surface area contributed by atoms with Gasteiger partial charge in [-0.05, 0) is 71.3 Å².